The van der Waals surface area contributed by atoms with Gasteiger partial charge < -0.3 is 15.2 Å². The first kappa shape index (κ1) is 16.2. The van der Waals surface area contributed by atoms with Crippen molar-refractivity contribution in [2.75, 3.05) is 13.7 Å². The Kier molecular flexibility index (Phi) is 5.70. The molecule has 1 aromatic rings. The molecule has 0 saturated carbocycles. The van der Waals surface area contributed by atoms with E-state index in [1.807, 2.05) is 6.92 Å². The number of hydrogen-bond acceptors (Lipinski definition) is 3. The highest BCUT2D eigenvalue weighted by molar-refractivity contribution is 5.87. The van der Waals surface area contributed by atoms with Crippen molar-refractivity contribution >= 4 is 11.9 Å². The van der Waals surface area contributed by atoms with Crippen LogP contribution in [0, 0.1) is 0 Å². The summed E-state index contributed by atoms with van der Waals surface area (Å²) in [6.07, 6.45) is 1.25. The lowest BCUT2D eigenvalue weighted by atomic mass is 10.0. The molecule has 0 heterocycles. The molecule has 0 aliphatic rings. The fraction of sp³-hybridized carbons (Fsp3) is 0.467. The number of hydrogen-bond donors (Lipinski definition) is 2. The summed E-state index contributed by atoms with van der Waals surface area (Å²) >= 11 is 0. The second-order valence-electron chi connectivity index (χ2n) is 4.80. The van der Waals surface area contributed by atoms with Gasteiger partial charge in [-0.05, 0) is 37.5 Å². The van der Waals surface area contributed by atoms with Crippen molar-refractivity contribution in [3.8, 4) is 0 Å². The molecule has 20 heavy (non-hydrogen) atoms. The molecule has 0 saturated heterocycles. The van der Waals surface area contributed by atoms with Crippen LogP contribution in [0.25, 0.3) is 0 Å². The summed E-state index contributed by atoms with van der Waals surface area (Å²) < 4.78 is 5.22. The number of amides is 1. The summed E-state index contributed by atoms with van der Waals surface area (Å²) in [6, 6.07) is 6.63. The van der Waals surface area contributed by atoms with Crippen molar-refractivity contribution < 1.29 is 19.4 Å². The number of carbonyl (C=O) groups is 2. The number of nitrogens with one attached hydrogen (secondary N) is 1. The van der Waals surface area contributed by atoms with Gasteiger partial charge in [0.1, 0.15) is 5.60 Å². The Morgan fingerprint density at radius 3 is 2.35 bits per heavy atom. The Bertz CT molecular complexity index is 463. The van der Waals surface area contributed by atoms with E-state index < -0.39 is 11.6 Å². The van der Waals surface area contributed by atoms with Gasteiger partial charge in [0, 0.05) is 13.7 Å². The summed E-state index contributed by atoms with van der Waals surface area (Å²) in [5.41, 5.74) is 0.439. The van der Waals surface area contributed by atoms with E-state index in [1.165, 1.54) is 7.11 Å². The maximum absolute atomic E-state index is 11.9. The van der Waals surface area contributed by atoms with Gasteiger partial charge in [-0.25, -0.2) is 4.79 Å². The van der Waals surface area contributed by atoms with Gasteiger partial charge in [-0.1, -0.05) is 19.1 Å². The first-order valence-corrected chi connectivity index (χ1v) is 6.58. The molecule has 2 N–H and O–H groups in total. The number of carboxylic acids is 1. The Balaban J connectivity index is 2.48. The van der Waals surface area contributed by atoms with Crippen LogP contribution in [0.3, 0.4) is 0 Å². The number of methoxy groups -OCH3 is 1. The fourth-order valence-electron chi connectivity index (χ4n) is 1.72. The third-order valence-corrected chi connectivity index (χ3v) is 3.51. The zero-order chi connectivity index (χ0) is 15.2. The van der Waals surface area contributed by atoms with Crippen molar-refractivity contribution in [1.82, 2.24) is 5.32 Å². The molecule has 0 fully saturated rings. The lowest BCUT2D eigenvalue weighted by Gasteiger charge is -2.25. The minimum absolute atomic E-state index is 0.135. The fourth-order valence-corrected chi connectivity index (χ4v) is 1.72. The van der Waals surface area contributed by atoms with Gasteiger partial charge in [0.05, 0.1) is 5.56 Å². The topological polar surface area (TPSA) is 75.6 Å². The lowest BCUT2D eigenvalue weighted by Crippen LogP contribution is -2.46. The normalized spacial score (nSPS) is 13.6. The molecule has 5 heteroatoms. The van der Waals surface area contributed by atoms with Gasteiger partial charge in [-0.2, -0.15) is 0 Å². The third kappa shape index (κ3) is 4.06. The maximum atomic E-state index is 11.9. The zero-order valence-electron chi connectivity index (χ0n) is 12.1. The standard InChI is InChI=1S/C15H21NO4/c1-4-15(2,20-3)14(19)16-10-9-11-5-7-12(8-6-11)13(17)18/h5-8H,4,9-10H2,1-3H3,(H,16,19)(H,17,18). The molecule has 1 atom stereocenters. The zero-order valence-corrected chi connectivity index (χ0v) is 12.1. The monoisotopic (exact) mass is 279 g/mol. The maximum Gasteiger partial charge on any atom is 0.335 e. The van der Waals surface area contributed by atoms with E-state index in [2.05, 4.69) is 5.32 Å². The van der Waals surface area contributed by atoms with Crippen LogP contribution in [0.5, 0.6) is 0 Å². The average molecular weight is 279 g/mol. The first-order valence-electron chi connectivity index (χ1n) is 6.58. The van der Waals surface area contributed by atoms with E-state index in [1.54, 1.807) is 31.2 Å². The van der Waals surface area contributed by atoms with Crippen LogP contribution in [-0.4, -0.2) is 36.2 Å². The summed E-state index contributed by atoms with van der Waals surface area (Å²) in [5, 5.41) is 11.6. The second kappa shape index (κ2) is 7.05. The lowest BCUT2D eigenvalue weighted by molar-refractivity contribution is -0.141. The van der Waals surface area contributed by atoms with Gasteiger partial charge in [0.25, 0.3) is 5.91 Å². The molecule has 0 radical (unpaired) electrons. The highest BCUT2D eigenvalue weighted by Gasteiger charge is 2.30. The van der Waals surface area contributed by atoms with E-state index in [-0.39, 0.29) is 11.5 Å². The largest absolute Gasteiger partial charge is 0.478 e. The van der Waals surface area contributed by atoms with Crippen LogP contribution < -0.4 is 5.32 Å². The van der Waals surface area contributed by atoms with Gasteiger partial charge in [-0.15, -0.1) is 0 Å². The quantitative estimate of drug-likeness (QED) is 0.798. The van der Waals surface area contributed by atoms with E-state index in [0.717, 1.165) is 5.56 Å². The van der Waals surface area contributed by atoms with Gasteiger partial charge >= 0.3 is 5.97 Å². The SMILES string of the molecule is CCC(C)(OC)C(=O)NCCc1ccc(C(=O)O)cc1. The smallest absolute Gasteiger partial charge is 0.335 e. The van der Waals surface area contributed by atoms with Crippen LogP contribution in [0.4, 0.5) is 0 Å². The molecule has 1 rings (SSSR count). The first-order chi connectivity index (χ1) is 9.42. The predicted molar refractivity (Wildman–Crippen MR) is 75.8 cm³/mol. The molecule has 0 bridgehead atoms. The molecular formula is C15H21NO4. The molecule has 0 aliphatic carbocycles. The number of rotatable bonds is 7. The molecular weight excluding hydrogens is 258 g/mol. The molecule has 0 spiro atoms. The van der Waals surface area contributed by atoms with E-state index in [9.17, 15) is 9.59 Å². The van der Waals surface area contributed by atoms with Crippen molar-refractivity contribution in [2.45, 2.75) is 32.3 Å². The molecule has 5 nitrogen and oxygen atoms in total. The minimum Gasteiger partial charge on any atom is -0.478 e. The number of benzene rings is 1. The van der Waals surface area contributed by atoms with E-state index in [0.29, 0.717) is 19.4 Å². The Labute approximate surface area is 118 Å². The Morgan fingerprint density at radius 2 is 1.90 bits per heavy atom. The Morgan fingerprint density at radius 1 is 1.30 bits per heavy atom. The summed E-state index contributed by atoms with van der Waals surface area (Å²) in [4.78, 5) is 22.7. The van der Waals surface area contributed by atoms with Crippen LogP contribution in [0.2, 0.25) is 0 Å². The number of aromatic carboxylic acids is 1. The minimum atomic E-state index is -0.941. The molecule has 1 aromatic carbocycles. The van der Waals surface area contributed by atoms with Crippen LogP contribution in [-0.2, 0) is 16.0 Å². The number of carboxylic acid groups (broad SMARTS) is 1. The molecule has 1 amide bonds. The second-order valence-corrected chi connectivity index (χ2v) is 4.80. The molecule has 0 aromatic heterocycles. The van der Waals surface area contributed by atoms with Crippen molar-refractivity contribution in [3.05, 3.63) is 35.4 Å². The van der Waals surface area contributed by atoms with Crippen LogP contribution in [0.15, 0.2) is 24.3 Å². The summed E-state index contributed by atoms with van der Waals surface area (Å²) in [5.74, 6) is -1.08. The predicted octanol–water partition coefficient (Wildman–Crippen LogP) is 1.86. The highest BCUT2D eigenvalue weighted by Crippen LogP contribution is 2.13. The van der Waals surface area contributed by atoms with Crippen molar-refractivity contribution in [1.29, 1.82) is 0 Å². The molecule has 0 aliphatic heterocycles. The summed E-state index contributed by atoms with van der Waals surface area (Å²) in [6.45, 7) is 4.14. The van der Waals surface area contributed by atoms with Crippen molar-refractivity contribution in [3.63, 3.8) is 0 Å². The average Bonchev–Trinajstić information content (AvgIpc) is 2.46. The highest BCUT2D eigenvalue weighted by atomic mass is 16.5. The van der Waals surface area contributed by atoms with Gasteiger partial charge in [0.2, 0.25) is 0 Å². The van der Waals surface area contributed by atoms with Gasteiger partial charge in [-0.3, -0.25) is 4.79 Å². The summed E-state index contributed by atoms with van der Waals surface area (Å²) in [7, 11) is 1.52. The van der Waals surface area contributed by atoms with E-state index in [4.69, 9.17) is 9.84 Å². The molecule has 110 valence electrons. The van der Waals surface area contributed by atoms with Crippen molar-refractivity contribution in [2.24, 2.45) is 0 Å². The van der Waals surface area contributed by atoms with Gasteiger partial charge in [0.15, 0.2) is 0 Å². The number of carbonyl (C=O) groups excluding carboxylic acids is 1. The number of ether oxygens (including phenoxy) is 1. The van der Waals surface area contributed by atoms with Crippen LogP contribution in [0.1, 0.15) is 36.2 Å². The molecule has 1 unspecified atom stereocenters. The Hall–Kier alpha value is -1.88. The third-order valence-electron chi connectivity index (χ3n) is 3.51. The van der Waals surface area contributed by atoms with Crippen LogP contribution >= 0.6 is 0 Å². The van der Waals surface area contributed by atoms with E-state index >= 15 is 0 Å².